The average molecular weight is 361 g/mol. The van der Waals surface area contributed by atoms with E-state index in [4.69, 9.17) is 10.5 Å². The molecule has 0 radical (unpaired) electrons. The number of guanidine groups is 1. The molecule has 1 aromatic carbocycles. The fourth-order valence-electron chi connectivity index (χ4n) is 2.26. The molecule has 134 valence electrons. The maximum absolute atomic E-state index is 10.8. The molecule has 25 heavy (non-hydrogen) atoms. The molecule has 0 bridgehead atoms. The average Bonchev–Trinajstić information content (AvgIpc) is 2.99. The zero-order valence-corrected chi connectivity index (χ0v) is 15.5. The summed E-state index contributed by atoms with van der Waals surface area (Å²) in [7, 11) is 3.72. The molecule has 0 saturated heterocycles. The monoisotopic (exact) mass is 361 g/mol. The Morgan fingerprint density at radius 3 is 2.92 bits per heavy atom. The number of ether oxygens (including phenoxy) is 1. The molecule has 8 heteroatoms. The number of nitrogens with two attached hydrogens (primary N) is 1. The summed E-state index contributed by atoms with van der Waals surface area (Å²) in [6.07, 6.45) is 0. The number of nitrogens with one attached hydrogen (secondary N) is 1. The van der Waals surface area contributed by atoms with Gasteiger partial charge in [-0.3, -0.25) is 9.79 Å². The Balaban J connectivity index is 1.91. The second kappa shape index (κ2) is 9.03. The molecule has 2 rings (SSSR count). The van der Waals surface area contributed by atoms with Crippen LogP contribution in [0.2, 0.25) is 0 Å². The van der Waals surface area contributed by atoms with Crippen LogP contribution in [0.4, 0.5) is 0 Å². The van der Waals surface area contributed by atoms with E-state index in [9.17, 15) is 4.79 Å². The van der Waals surface area contributed by atoms with E-state index >= 15 is 0 Å². The van der Waals surface area contributed by atoms with Gasteiger partial charge in [-0.25, -0.2) is 4.98 Å². The minimum atomic E-state index is -0.497. The number of primary amides is 1. The van der Waals surface area contributed by atoms with Crippen LogP contribution in [0, 0.1) is 6.92 Å². The fraction of sp³-hybridized carbons (Fsp3) is 0.353. The smallest absolute Gasteiger partial charge is 0.255 e. The maximum Gasteiger partial charge on any atom is 0.255 e. The zero-order valence-electron chi connectivity index (χ0n) is 14.7. The zero-order chi connectivity index (χ0) is 18.2. The van der Waals surface area contributed by atoms with Crippen molar-refractivity contribution in [3.63, 3.8) is 0 Å². The number of rotatable bonds is 7. The van der Waals surface area contributed by atoms with Crippen molar-refractivity contribution in [2.75, 3.05) is 20.7 Å². The van der Waals surface area contributed by atoms with Gasteiger partial charge in [0.2, 0.25) is 0 Å². The van der Waals surface area contributed by atoms with Crippen LogP contribution in [-0.2, 0) is 17.9 Å². The van der Waals surface area contributed by atoms with Gasteiger partial charge >= 0.3 is 0 Å². The molecule has 2 aromatic rings. The van der Waals surface area contributed by atoms with Gasteiger partial charge in [-0.05, 0) is 24.6 Å². The van der Waals surface area contributed by atoms with Crippen molar-refractivity contribution in [3.05, 3.63) is 45.9 Å². The number of aromatic nitrogens is 1. The molecule has 0 aliphatic rings. The third kappa shape index (κ3) is 6.07. The highest BCUT2D eigenvalue weighted by molar-refractivity contribution is 7.09. The van der Waals surface area contributed by atoms with Gasteiger partial charge in [0.15, 0.2) is 12.6 Å². The highest BCUT2D eigenvalue weighted by Gasteiger charge is 2.09. The Bertz CT molecular complexity index is 744. The van der Waals surface area contributed by atoms with Crippen LogP contribution in [0.5, 0.6) is 5.75 Å². The van der Waals surface area contributed by atoms with Crippen LogP contribution in [0.15, 0.2) is 34.6 Å². The van der Waals surface area contributed by atoms with Gasteiger partial charge in [-0.2, -0.15) is 0 Å². The number of thiazole rings is 1. The molecule has 3 N–H and O–H groups in total. The van der Waals surface area contributed by atoms with Crippen molar-refractivity contribution in [2.45, 2.75) is 20.0 Å². The molecule has 1 heterocycles. The van der Waals surface area contributed by atoms with Crippen LogP contribution in [0.1, 0.15) is 16.3 Å². The van der Waals surface area contributed by atoms with Gasteiger partial charge in [0.1, 0.15) is 5.75 Å². The van der Waals surface area contributed by atoms with E-state index in [0.717, 1.165) is 22.2 Å². The lowest BCUT2D eigenvalue weighted by atomic mass is 10.2. The number of carbonyl (C=O) groups excluding carboxylic acids is 1. The van der Waals surface area contributed by atoms with E-state index in [1.54, 1.807) is 24.5 Å². The molecular weight excluding hydrogens is 338 g/mol. The van der Waals surface area contributed by atoms with E-state index in [1.165, 1.54) is 0 Å². The second-order valence-electron chi connectivity index (χ2n) is 5.52. The molecule has 0 saturated carbocycles. The first kappa shape index (κ1) is 18.7. The van der Waals surface area contributed by atoms with Crippen molar-refractivity contribution in [3.8, 4) is 5.75 Å². The quantitative estimate of drug-likeness (QED) is 0.576. The molecule has 0 atom stereocenters. The predicted molar refractivity (Wildman–Crippen MR) is 99.6 cm³/mol. The van der Waals surface area contributed by atoms with Crippen LogP contribution in [-0.4, -0.2) is 42.5 Å². The number of aliphatic imine (C=N–C) groups is 1. The Morgan fingerprint density at radius 1 is 1.48 bits per heavy atom. The highest BCUT2D eigenvalue weighted by atomic mass is 32.1. The molecule has 0 fully saturated rings. The number of amides is 1. The summed E-state index contributed by atoms with van der Waals surface area (Å²) in [5.74, 6) is 0.885. The lowest BCUT2D eigenvalue weighted by molar-refractivity contribution is -0.119. The Labute approximate surface area is 151 Å². The third-order valence-corrected chi connectivity index (χ3v) is 4.19. The third-order valence-electron chi connectivity index (χ3n) is 3.37. The number of benzene rings is 1. The molecule has 0 unspecified atom stereocenters. The van der Waals surface area contributed by atoms with Gasteiger partial charge < -0.3 is 20.7 Å². The van der Waals surface area contributed by atoms with Crippen molar-refractivity contribution in [1.82, 2.24) is 15.2 Å². The van der Waals surface area contributed by atoms with Gasteiger partial charge in [0.25, 0.3) is 5.91 Å². The lowest BCUT2D eigenvalue weighted by Gasteiger charge is -2.21. The number of carbonyl (C=O) groups is 1. The van der Waals surface area contributed by atoms with Gasteiger partial charge in [0, 0.05) is 26.0 Å². The SMILES string of the molecule is CN=C(NCc1cccc(OCC(N)=O)c1)N(C)Cc1csc(C)n1. The molecular formula is C17H23N5O2S. The van der Waals surface area contributed by atoms with Gasteiger partial charge in [-0.15, -0.1) is 11.3 Å². The topological polar surface area (TPSA) is 92.8 Å². The highest BCUT2D eigenvalue weighted by Crippen LogP contribution is 2.13. The van der Waals surface area contributed by atoms with Gasteiger partial charge in [0.05, 0.1) is 17.2 Å². The van der Waals surface area contributed by atoms with Crippen LogP contribution < -0.4 is 15.8 Å². The summed E-state index contributed by atoms with van der Waals surface area (Å²) in [5, 5.41) is 6.42. The number of aryl methyl sites for hydroxylation is 1. The largest absolute Gasteiger partial charge is 0.484 e. The Kier molecular flexibility index (Phi) is 6.76. The first-order valence-corrected chi connectivity index (χ1v) is 8.68. The lowest BCUT2D eigenvalue weighted by Crippen LogP contribution is -2.38. The molecule has 1 aromatic heterocycles. The Morgan fingerprint density at radius 2 is 2.28 bits per heavy atom. The van der Waals surface area contributed by atoms with E-state index in [0.29, 0.717) is 18.8 Å². The molecule has 0 aliphatic carbocycles. The molecule has 0 aliphatic heterocycles. The molecule has 0 spiro atoms. The van der Waals surface area contributed by atoms with Crippen LogP contribution in [0.3, 0.4) is 0 Å². The number of nitrogens with zero attached hydrogens (tertiary/aromatic N) is 3. The van der Waals surface area contributed by atoms with E-state index in [-0.39, 0.29) is 6.61 Å². The summed E-state index contributed by atoms with van der Waals surface area (Å²) < 4.78 is 5.32. The molecule has 7 nitrogen and oxygen atoms in total. The molecule has 1 amide bonds. The minimum absolute atomic E-state index is 0.131. The second-order valence-corrected chi connectivity index (χ2v) is 6.58. The standard InChI is InChI=1S/C17H23N5O2S/c1-12-21-14(11-25-12)9-22(3)17(19-2)20-8-13-5-4-6-15(7-13)24-10-16(18)23/h4-7,11H,8-10H2,1-3H3,(H2,18,23)(H,19,20). The summed E-state index contributed by atoms with van der Waals surface area (Å²) in [4.78, 5) is 21.6. The summed E-state index contributed by atoms with van der Waals surface area (Å²) >= 11 is 1.64. The van der Waals surface area contributed by atoms with E-state index in [1.807, 2.05) is 37.1 Å². The Hall–Kier alpha value is -2.61. The van der Waals surface area contributed by atoms with Crippen molar-refractivity contribution >= 4 is 23.2 Å². The van der Waals surface area contributed by atoms with Crippen molar-refractivity contribution in [1.29, 1.82) is 0 Å². The maximum atomic E-state index is 10.8. The summed E-state index contributed by atoms with van der Waals surface area (Å²) in [5.41, 5.74) is 7.13. The van der Waals surface area contributed by atoms with E-state index in [2.05, 4.69) is 20.7 Å². The predicted octanol–water partition coefficient (Wildman–Crippen LogP) is 1.52. The first-order chi connectivity index (χ1) is 12.0. The normalized spacial score (nSPS) is 11.2. The minimum Gasteiger partial charge on any atom is -0.484 e. The van der Waals surface area contributed by atoms with Gasteiger partial charge in [-0.1, -0.05) is 12.1 Å². The van der Waals surface area contributed by atoms with Crippen molar-refractivity contribution in [2.24, 2.45) is 10.7 Å². The summed E-state index contributed by atoms with van der Waals surface area (Å²) in [6.45, 7) is 3.13. The fourth-order valence-corrected chi connectivity index (χ4v) is 2.87. The summed E-state index contributed by atoms with van der Waals surface area (Å²) in [6, 6.07) is 7.50. The van der Waals surface area contributed by atoms with E-state index < -0.39 is 5.91 Å². The first-order valence-electron chi connectivity index (χ1n) is 7.80. The number of hydrogen-bond donors (Lipinski definition) is 2. The number of hydrogen-bond acceptors (Lipinski definition) is 5. The van der Waals surface area contributed by atoms with Crippen LogP contribution in [0.25, 0.3) is 0 Å². The van der Waals surface area contributed by atoms with Crippen LogP contribution >= 0.6 is 11.3 Å². The van der Waals surface area contributed by atoms with Crippen molar-refractivity contribution < 1.29 is 9.53 Å².